The molecule has 1 nitrogen and oxygen atoms in total. The van der Waals surface area contributed by atoms with Gasteiger partial charge in [0, 0.05) is 5.56 Å². The Bertz CT molecular complexity index is 338. The highest BCUT2D eigenvalue weighted by Crippen LogP contribution is 2.23. The molecule has 1 aromatic rings. The third kappa shape index (κ3) is 1.85. The number of carbonyl (C=O) groups is 1. The molecule has 1 rings (SSSR count). The molecule has 0 radical (unpaired) electrons. The van der Waals surface area contributed by atoms with E-state index in [0.29, 0.717) is 13.6 Å². The van der Waals surface area contributed by atoms with E-state index in [1.165, 1.54) is 13.0 Å². The van der Waals surface area contributed by atoms with Crippen LogP contribution >= 0.6 is 38.5 Å². The Morgan fingerprint density at radius 1 is 1.58 bits per heavy atom. The van der Waals surface area contributed by atoms with Gasteiger partial charge in [-0.2, -0.15) is 0 Å². The zero-order chi connectivity index (χ0) is 9.30. The average Bonchev–Trinajstić information content (AvgIpc) is 2.00. The van der Waals surface area contributed by atoms with Crippen LogP contribution in [0.4, 0.5) is 4.39 Å². The fourth-order valence-electron chi connectivity index (χ4n) is 0.798. The molecule has 4 heteroatoms. The van der Waals surface area contributed by atoms with Crippen LogP contribution in [-0.4, -0.2) is 5.78 Å². The third-order valence-electron chi connectivity index (χ3n) is 1.41. The quantitative estimate of drug-likeness (QED) is 0.434. The Balaban J connectivity index is 3.36. The standard InChI is InChI=1S/C8H5BrFIO/c1-4(12)5-2-3-6(9)7(10)8(5)11/h2-3H,1H3. The minimum atomic E-state index is -0.372. The van der Waals surface area contributed by atoms with E-state index < -0.39 is 0 Å². The fraction of sp³-hybridized carbons (Fsp3) is 0.125. The van der Waals surface area contributed by atoms with Crippen molar-refractivity contribution in [3.63, 3.8) is 0 Å². The summed E-state index contributed by atoms with van der Waals surface area (Å²) in [6.45, 7) is 1.42. The van der Waals surface area contributed by atoms with Gasteiger partial charge in [-0.3, -0.25) is 4.79 Å². The molecular formula is C8H5BrFIO. The number of ketones is 1. The molecule has 0 unspecified atom stereocenters. The first-order valence-corrected chi connectivity index (χ1v) is 5.05. The lowest BCUT2D eigenvalue weighted by molar-refractivity contribution is 0.101. The maximum atomic E-state index is 13.1. The summed E-state index contributed by atoms with van der Waals surface area (Å²) in [5.41, 5.74) is 0.427. The summed E-state index contributed by atoms with van der Waals surface area (Å²) in [6.07, 6.45) is 0. The van der Waals surface area contributed by atoms with E-state index in [1.54, 1.807) is 6.07 Å². The third-order valence-corrected chi connectivity index (χ3v) is 3.08. The molecule has 64 valence electrons. The minimum Gasteiger partial charge on any atom is -0.294 e. The largest absolute Gasteiger partial charge is 0.294 e. The summed E-state index contributed by atoms with van der Waals surface area (Å²) in [7, 11) is 0. The van der Waals surface area contributed by atoms with Crippen molar-refractivity contribution in [2.45, 2.75) is 6.92 Å². The molecular weight excluding hydrogens is 338 g/mol. The van der Waals surface area contributed by atoms with Gasteiger partial charge in [-0.15, -0.1) is 0 Å². The normalized spacial score (nSPS) is 10.0. The van der Waals surface area contributed by atoms with Gasteiger partial charge in [0.15, 0.2) is 11.6 Å². The molecule has 1 aromatic carbocycles. The van der Waals surface area contributed by atoms with Crippen molar-refractivity contribution >= 4 is 44.3 Å². The highest BCUT2D eigenvalue weighted by Gasteiger charge is 2.11. The van der Waals surface area contributed by atoms with Crippen LogP contribution in [0.15, 0.2) is 16.6 Å². The topological polar surface area (TPSA) is 17.1 Å². The molecule has 0 atom stereocenters. The molecule has 0 aromatic heterocycles. The van der Waals surface area contributed by atoms with Crippen LogP contribution in [0.3, 0.4) is 0 Å². The van der Waals surface area contributed by atoms with Gasteiger partial charge < -0.3 is 0 Å². The van der Waals surface area contributed by atoms with Crippen LogP contribution in [0.25, 0.3) is 0 Å². The van der Waals surface area contributed by atoms with Crippen molar-refractivity contribution in [1.82, 2.24) is 0 Å². The Morgan fingerprint density at radius 3 is 2.67 bits per heavy atom. The van der Waals surface area contributed by atoms with E-state index in [2.05, 4.69) is 15.9 Å². The Hall–Kier alpha value is 0.0300. The van der Waals surface area contributed by atoms with E-state index >= 15 is 0 Å². The molecule has 12 heavy (non-hydrogen) atoms. The summed E-state index contributed by atoms with van der Waals surface area (Å²) in [5, 5.41) is 0. The van der Waals surface area contributed by atoms with Crippen LogP contribution in [0.1, 0.15) is 17.3 Å². The number of hydrogen-bond donors (Lipinski definition) is 0. The van der Waals surface area contributed by atoms with Crippen molar-refractivity contribution in [1.29, 1.82) is 0 Å². The molecule has 0 saturated heterocycles. The number of benzene rings is 1. The molecule has 0 aliphatic rings. The second kappa shape index (κ2) is 3.83. The molecule has 0 spiro atoms. The molecule has 0 fully saturated rings. The molecule has 0 amide bonds. The van der Waals surface area contributed by atoms with Gasteiger partial charge in [-0.1, -0.05) is 0 Å². The van der Waals surface area contributed by atoms with Crippen molar-refractivity contribution in [2.24, 2.45) is 0 Å². The Morgan fingerprint density at radius 2 is 2.17 bits per heavy atom. The molecule has 0 saturated carbocycles. The van der Waals surface area contributed by atoms with Crippen LogP contribution in [-0.2, 0) is 0 Å². The van der Waals surface area contributed by atoms with Gasteiger partial charge in [0.25, 0.3) is 0 Å². The van der Waals surface area contributed by atoms with Gasteiger partial charge in [0.05, 0.1) is 8.04 Å². The lowest BCUT2D eigenvalue weighted by atomic mass is 10.1. The highest BCUT2D eigenvalue weighted by atomic mass is 127. The molecule has 0 bridgehead atoms. The Kier molecular flexibility index (Phi) is 3.22. The SMILES string of the molecule is CC(=O)c1ccc(Br)c(F)c1I. The van der Waals surface area contributed by atoms with E-state index in [4.69, 9.17) is 0 Å². The average molecular weight is 343 g/mol. The monoisotopic (exact) mass is 342 g/mol. The summed E-state index contributed by atoms with van der Waals surface area (Å²) in [4.78, 5) is 10.9. The van der Waals surface area contributed by atoms with Crippen molar-refractivity contribution in [2.75, 3.05) is 0 Å². The summed E-state index contributed by atoms with van der Waals surface area (Å²) in [6, 6.07) is 3.14. The van der Waals surface area contributed by atoms with E-state index in [-0.39, 0.29) is 11.6 Å². The number of rotatable bonds is 1. The predicted molar refractivity (Wildman–Crippen MR) is 56.8 cm³/mol. The second-order valence-electron chi connectivity index (χ2n) is 2.28. The number of Topliss-reactive ketones (excluding diaryl/α,β-unsaturated/α-hetero) is 1. The zero-order valence-electron chi connectivity index (χ0n) is 6.20. The van der Waals surface area contributed by atoms with E-state index in [9.17, 15) is 9.18 Å². The van der Waals surface area contributed by atoms with Crippen LogP contribution < -0.4 is 0 Å². The minimum absolute atomic E-state index is 0.120. The van der Waals surface area contributed by atoms with Gasteiger partial charge >= 0.3 is 0 Å². The first-order chi connectivity index (χ1) is 5.54. The predicted octanol–water partition coefficient (Wildman–Crippen LogP) is 3.40. The maximum Gasteiger partial charge on any atom is 0.160 e. The van der Waals surface area contributed by atoms with Crippen LogP contribution in [0.5, 0.6) is 0 Å². The van der Waals surface area contributed by atoms with Gasteiger partial charge in [-0.05, 0) is 57.6 Å². The first-order valence-electron chi connectivity index (χ1n) is 3.18. The summed E-state index contributed by atoms with van der Waals surface area (Å²) >= 11 is 4.86. The van der Waals surface area contributed by atoms with Crippen molar-refractivity contribution in [3.8, 4) is 0 Å². The van der Waals surface area contributed by atoms with Crippen LogP contribution in [0, 0.1) is 9.39 Å². The smallest absolute Gasteiger partial charge is 0.160 e. The number of halogens is 3. The van der Waals surface area contributed by atoms with E-state index in [1.807, 2.05) is 22.6 Å². The summed E-state index contributed by atoms with van der Waals surface area (Å²) in [5.74, 6) is -0.492. The zero-order valence-corrected chi connectivity index (χ0v) is 9.94. The number of hydrogen-bond acceptors (Lipinski definition) is 1. The highest BCUT2D eigenvalue weighted by molar-refractivity contribution is 14.1. The van der Waals surface area contributed by atoms with Crippen molar-refractivity contribution in [3.05, 3.63) is 31.6 Å². The molecule has 0 heterocycles. The molecule has 0 aliphatic carbocycles. The Labute approximate surface area is 91.6 Å². The van der Waals surface area contributed by atoms with Gasteiger partial charge in [0.2, 0.25) is 0 Å². The lowest BCUT2D eigenvalue weighted by Crippen LogP contribution is -1.98. The lowest BCUT2D eigenvalue weighted by Gasteiger charge is -2.02. The summed E-state index contributed by atoms with van der Waals surface area (Å²) < 4.78 is 13.9. The second-order valence-corrected chi connectivity index (χ2v) is 4.21. The first kappa shape index (κ1) is 10.1. The number of carbonyl (C=O) groups excluding carboxylic acids is 1. The molecule has 0 aliphatic heterocycles. The van der Waals surface area contributed by atoms with Gasteiger partial charge in [0.1, 0.15) is 0 Å². The fourth-order valence-corrected chi connectivity index (χ4v) is 2.35. The molecule has 0 N–H and O–H groups in total. The van der Waals surface area contributed by atoms with E-state index in [0.717, 1.165) is 0 Å². The maximum absolute atomic E-state index is 13.1. The van der Waals surface area contributed by atoms with Gasteiger partial charge in [-0.25, -0.2) is 4.39 Å². The van der Waals surface area contributed by atoms with Crippen LogP contribution in [0.2, 0.25) is 0 Å². The van der Waals surface area contributed by atoms with Crippen molar-refractivity contribution < 1.29 is 9.18 Å².